The van der Waals surface area contributed by atoms with E-state index in [0.717, 1.165) is 23.5 Å². The number of anilines is 2. The molecule has 1 aromatic carbocycles. The van der Waals surface area contributed by atoms with Gasteiger partial charge in [-0.1, -0.05) is 19.9 Å². The molecule has 0 aliphatic carbocycles. The number of benzene rings is 1. The van der Waals surface area contributed by atoms with E-state index >= 15 is 0 Å². The summed E-state index contributed by atoms with van der Waals surface area (Å²) >= 11 is 0. The van der Waals surface area contributed by atoms with Crippen LogP contribution < -0.4 is 10.6 Å². The average molecular weight is 283 g/mol. The van der Waals surface area contributed by atoms with Crippen LogP contribution in [0.3, 0.4) is 0 Å². The number of rotatable bonds is 6. The molecule has 0 saturated carbocycles. The van der Waals surface area contributed by atoms with Gasteiger partial charge in [-0.15, -0.1) is 0 Å². The number of nitrogens with one attached hydrogen (secondary N) is 2. The molecule has 110 valence electrons. The third-order valence-electron chi connectivity index (χ3n) is 2.98. The van der Waals surface area contributed by atoms with Crippen LogP contribution >= 0.6 is 0 Å². The highest BCUT2D eigenvalue weighted by molar-refractivity contribution is 5.90. The van der Waals surface area contributed by atoms with E-state index in [1.54, 1.807) is 6.20 Å². The van der Waals surface area contributed by atoms with Crippen molar-refractivity contribution in [2.45, 2.75) is 26.8 Å². The molecular formula is C17H21N3O. The summed E-state index contributed by atoms with van der Waals surface area (Å²) in [6.45, 7) is 4.79. The van der Waals surface area contributed by atoms with E-state index in [-0.39, 0.29) is 5.91 Å². The second kappa shape index (κ2) is 7.43. The van der Waals surface area contributed by atoms with Gasteiger partial charge in [0, 0.05) is 36.7 Å². The first-order chi connectivity index (χ1) is 10.1. The largest absolute Gasteiger partial charge is 0.381 e. The minimum atomic E-state index is 0.0565. The van der Waals surface area contributed by atoms with Crippen molar-refractivity contribution in [1.82, 2.24) is 4.98 Å². The molecule has 1 heterocycles. The van der Waals surface area contributed by atoms with E-state index in [2.05, 4.69) is 15.6 Å². The molecule has 0 bridgehead atoms. The lowest BCUT2D eigenvalue weighted by molar-refractivity contribution is -0.116. The van der Waals surface area contributed by atoms with Crippen LogP contribution in [0, 0.1) is 5.92 Å². The molecule has 2 aromatic rings. The van der Waals surface area contributed by atoms with Crippen LogP contribution in [0.2, 0.25) is 0 Å². The van der Waals surface area contributed by atoms with Gasteiger partial charge in [-0.05, 0) is 41.8 Å². The zero-order chi connectivity index (χ0) is 15.1. The molecule has 0 spiro atoms. The monoisotopic (exact) mass is 283 g/mol. The number of hydrogen-bond acceptors (Lipinski definition) is 3. The Kier molecular flexibility index (Phi) is 5.32. The Morgan fingerprint density at radius 1 is 1.14 bits per heavy atom. The Morgan fingerprint density at radius 3 is 2.48 bits per heavy atom. The number of nitrogens with zero attached hydrogens (tertiary/aromatic N) is 1. The lowest BCUT2D eigenvalue weighted by Crippen LogP contribution is -2.13. The van der Waals surface area contributed by atoms with Crippen LogP contribution in [0.15, 0.2) is 48.8 Å². The summed E-state index contributed by atoms with van der Waals surface area (Å²) in [5.74, 6) is 0.423. The fourth-order valence-corrected chi connectivity index (χ4v) is 1.96. The van der Waals surface area contributed by atoms with Crippen LogP contribution in [0.4, 0.5) is 11.4 Å². The molecule has 0 atom stereocenters. The minimum absolute atomic E-state index is 0.0565. The number of aromatic nitrogens is 1. The van der Waals surface area contributed by atoms with Crippen LogP contribution in [-0.4, -0.2) is 10.9 Å². The molecule has 0 aliphatic rings. The van der Waals surface area contributed by atoms with E-state index in [0.29, 0.717) is 12.3 Å². The van der Waals surface area contributed by atoms with Crippen molar-refractivity contribution in [3.8, 4) is 0 Å². The quantitative estimate of drug-likeness (QED) is 0.850. The molecule has 2 rings (SSSR count). The summed E-state index contributed by atoms with van der Waals surface area (Å²) in [7, 11) is 0. The predicted molar refractivity (Wildman–Crippen MR) is 86.1 cm³/mol. The van der Waals surface area contributed by atoms with Crippen LogP contribution in [0.25, 0.3) is 0 Å². The zero-order valence-electron chi connectivity index (χ0n) is 12.5. The third kappa shape index (κ3) is 5.26. The van der Waals surface area contributed by atoms with Crippen LogP contribution in [0.1, 0.15) is 25.8 Å². The summed E-state index contributed by atoms with van der Waals surface area (Å²) in [6.07, 6.45) is 4.15. The van der Waals surface area contributed by atoms with Gasteiger partial charge in [0.15, 0.2) is 0 Å². The third-order valence-corrected chi connectivity index (χ3v) is 2.98. The molecule has 0 saturated heterocycles. The summed E-state index contributed by atoms with van der Waals surface area (Å²) in [4.78, 5) is 15.8. The lowest BCUT2D eigenvalue weighted by atomic mass is 10.1. The maximum absolute atomic E-state index is 11.7. The molecule has 4 heteroatoms. The number of carbonyl (C=O) groups excluding carboxylic acids is 1. The van der Waals surface area contributed by atoms with Gasteiger partial charge in [0.1, 0.15) is 0 Å². The highest BCUT2D eigenvalue weighted by Gasteiger charge is 2.05. The summed E-state index contributed by atoms with van der Waals surface area (Å²) < 4.78 is 0. The summed E-state index contributed by atoms with van der Waals surface area (Å²) in [6, 6.07) is 11.7. The minimum Gasteiger partial charge on any atom is -0.381 e. The van der Waals surface area contributed by atoms with Crippen LogP contribution in [0.5, 0.6) is 0 Å². The first-order valence-corrected chi connectivity index (χ1v) is 7.16. The maximum Gasteiger partial charge on any atom is 0.224 e. The van der Waals surface area contributed by atoms with Gasteiger partial charge in [-0.25, -0.2) is 0 Å². The SMILES string of the molecule is CC(C)CC(=O)Nc1ccc(NCc2cccnc2)cc1. The number of carbonyl (C=O) groups is 1. The first-order valence-electron chi connectivity index (χ1n) is 7.16. The van der Waals surface area contributed by atoms with E-state index < -0.39 is 0 Å². The Morgan fingerprint density at radius 2 is 1.86 bits per heavy atom. The fraction of sp³-hybridized carbons (Fsp3) is 0.294. The van der Waals surface area contributed by atoms with Gasteiger partial charge in [-0.3, -0.25) is 9.78 Å². The molecule has 0 unspecified atom stereocenters. The molecule has 1 amide bonds. The van der Waals surface area contributed by atoms with Gasteiger partial charge in [0.25, 0.3) is 0 Å². The topological polar surface area (TPSA) is 54.0 Å². The van der Waals surface area contributed by atoms with Gasteiger partial charge in [-0.2, -0.15) is 0 Å². The van der Waals surface area contributed by atoms with Crippen molar-refractivity contribution >= 4 is 17.3 Å². The summed E-state index contributed by atoms with van der Waals surface area (Å²) in [5, 5.41) is 6.22. The number of pyridine rings is 1. The Labute approximate surface area is 125 Å². The molecule has 2 N–H and O–H groups in total. The molecule has 4 nitrogen and oxygen atoms in total. The van der Waals surface area contributed by atoms with Crippen molar-refractivity contribution in [3.05, 3.63) is 54.4 Å². The van der Waals surface area contributed by atoms with E-state index in [1.165, 1.54) is 0 Å². The fourth-order valence-electron chi connectivity index (χ4n) is 1.96. The second-order valence-electron chi connectivity index (χ2n) is 5.44. The average Bonchev–Trinajstić information content (AvgIpc) is 2.47. The summed E-state index contributed by atoms with van der Waals surface area (Å²) in [5.41, 5.74) is 2.97. The Balaban J connectivity index is 1.86. The Hall–Kier alpha value is -2.36. The molecule has 0 aliphatic heterocycles. The molecular weight excluding hydrogens is 262 g/mol. The Bertz CT molecular complexity index is 564. The van der Waals surface area contributed by atoms with Gasteiger partial charge in [0.2, 0.25) is 5.91 Å². The standard InChI is InChI=1S/C17H21N3O/c1-13(2)10-17(21)20-16-7-5-15(6-8-16)19-12-14-4-3-9-18-11-14/h3-9,11,13,19H,10,12H2,1-2H3,(H,20,21). The second-order valence-corrected chi connectivity index (χ2v) is 5.44. The molecule has 0 radical (unpaired) electrons. The van der Waals surface area contributed by atoms with Crippen molar-refractivity contribution in [1.29, 1.82) is 0 Å². The number of amides is 1. The van der Waals surface area contributed by atoms with E-state index in [4.69, 9.17) is 0 Å². The lowest BCUT2D eigenvalue weighted by Gasteiger charge is -2.09. The van der Waals surface area contributed by atoms with Crippen LogP contribution in [-0.2, 0) is 11.3 Å². The molecule has 21 heavy (non-hydrogen) atoms. The van der Waals surface area contributed by atoms with Crippen molar-refractivity contribution in [2.75, 3.05) is 10.6 Å². The van der Waals surface area contributed by atoms with E-state index in [9.17, 15) is 4.79 Å². The van der Waals surface area contributed by atoms with Gasteiger partial charge in [0.05, 0.1) is 0 Å². The highest BCUT2D eigenvalue weighted by Crippen LogP contribution is 2.15. The van der Waals surface area contributed by atoms with Gasteiger partial charge < -0.3 is 10.6 Å². The predicted octanol–water partition coefficient (Wildman–Crippen LogP) is 3.68. The zero-order valence-corrected chi connectivity index (χ0v) is 12.5. The van der Waals surface area contributed by atoms with E-state index in [1.807, 2.05) is 56.4 Å². The highest BCUT2D eigenvalue weighted by atomic mass is 16.1. The maximum atomic E-state index is 11.7. The number of hydrogen-bond donors (Lipinski definition) is 2. The molecule has 1 aromatic heterocycles. The molecule has 0 fully saturated rings. The first kappa shape index (κ1) is 15.0. The van der Waals surface area contributed by atoms with Crippen molar-refractivity contribution in [2.24, 2.45) is 5.92 Å². The smallest absolute Gasteiger partial charge is 0.224 e. The van der Waals surface area contributed by atoms with Crippen molar-refractivity contribution < 1.29 is 4.79 Å². The normalized spacial score (nSPS) is 10.4. The van der Waals surface area contributed by atoms with Gasteiger partial charge >= 0.3 is 0 Å². The van der Waals surface area contributed by atoms with Crippen molar-refractivity contribution in [3.63, 3.8) is 0 Å².